The van der Waals surface area contributed by atoms with Crippen molar-refractivity contribution >= 4 is 5.97 Å². The Balaban J connectivity index is 2.48. The Labute approximate surface area is 96.1 Å². The maximum absolute atomic E-state index is 11.4. The molecule has 0 unspecified atom stereocenters. The van der Waals surface area contributed by atoms with E-state index < -0.39 is 5.97 Å². The van der Waals surface area contributed by atoms with Crippen LogP contribution in [0, 0.1) is 6.92 Å². The summed E-state index contributed by atoms with van der Waals surface area (Å²) in [4.78, 5) is 11.4. The van der Waals surface area contributed by atoms with Crippen LogP contribution in [-0.4, -0.2) is 15.6 Å². The molecule has 3 heteroatoms. The van der Waals surface area contributed by atoms with Gasteiger partial charge in [-0.2, -0.15) is 0 Å². The van der Waals surface area contributed by atoms with Crippen LogP contribution in [0.3, 0.4) is 0 Å². The van der Waals surface area contributed by atoms with Crippen LogP contribution in [0.2, 0.25) is 0 Å². The maximum atomic E-state index is 11.4. The molecule has 0 aromatic carbocycles. The number of aryl methyl sites for hydroxylation is 2. The lowest BCUT2D eigenvalue weighted by Gasteiger charge is -2.17. The van der Waals surface area contributed by atoms with Crippen LogP contribution in [-0.2, 0) is 6.42 Å². The molecule has 16 heavy (non-hydrogen) atoms. The summed E-state index contributed by atoms with van der Waals surface area (Å²) in [5.41, 5.74) is 2.59. The van der Waals surface area contributed by atoms with Crippen molar-refractivity contribution in [3.05, 3.63) is 23.0 Å². The number of carbonyl (C=O) groups is 1. The minimum atomic E-state index is -0.781. The summed E-state index contributed by atoms with van der Waals surface area (Å²) in [5, 5.41) is 9.33. The van der Waals surface area contributed by atoms with Crippen molar-refractivity contribution in [3.63, 3.8) is 0 Å². The van der Waals surface area contributed by atoms with Crippen LogP contribution < -0.4 is 0 Å². The summed E-state index contributed by atoms with van der Waals surface area (Å²) in [5.74, 6) is -0.781. The van der Waals surface area contributed by atoms with E-state index >= 15 is 0 Å². The van der Waals surface area contributed by atoms with Gasteiger partial charge in [-0.15, -0.1) is 0 Å². The van der Waals surface area contributed by atoms with Crippen LogP contribution in [0.15, 0.2) is 6.07 Å². The molecule has 1 aromatic heterocycles. The summed E-state index contributed by atoms with van der Waals surface area (Å²) < 4.78 is 2.05. The van der Waals surface area contributed by atoms with E-state index in [-0.39, 0.29) is 0 Å². The molecule has 0 aliphatic heterocycles. The molecule has 0 bridgehead atoms. The van der Waals surface area contributed by atoms with Crippen LogP contribution in [0.1, 0.15) is 60.4 Å². The normalized spacial score (nSPS) is 16.9. The van der Waals surface area contributed by atoms with E-state index in [0.29, 0.717) is 11.7 Å². The standard InChI is InChI=1S/C13H19NO2/c1-3-10-8-9(2)14(12(10)13(15)16)11-6-4-5-7-11/h8,11H,3-7H2,1-2H3,(H,15,16). The van der Waals surface area contributed by atoms with Gasteiger partial charge in [0.15, 0.2) is 0 Å². The predicted molar refractivity (Wildman–Crippen MR) is 63.0 cm³/mol. The van der Waals surface area contributed by atoms with Gasteiger partial charge in [-0.3, -0.25) is 0 Å². The number of carboxylic acids is 1. The van der Waals surface area contributed by atoms with Crippen molar-refractivity contribution in [2.24, 2.45) is 0 Å². The van der Waals surface area contributed by atoms with Gasteiger partial charge in [0.25, 0.3) is 0 Å². The highest BCUT2D eigenvalue weighted by molar-refractivity contribution is 5.88. The zero-order valence-corrected chi connectivity index (χ0v) is 9.99. The van der Waals surface area contributed by atoms with Crippen LogP contribution in [0.4, 0.5) is 0 Å². The van der Waals surface area contributed by atoms with E-state index in [1.54, 1.807) is 0 Å². The van der Waals surface area contributed by atoms with Crippen LogP contribution >= 0.6 is 0 Å². The number of aromatic nitrogens is 1. The Morgan fingerprint density at radius 3 is 2.62 bits per heavy atom. The Kier molecular flexibility index (Phi) is 3.03. The molecule has 1 heterocycles. The number of rotatable bonds is 3. The Morgan fingerprint density at radius 1 is 1.50 bits per heavy atom. The smallest absolute Gasteiger partial charge is 0.352 e. The van der Waals surface area contributed by atoms with Gasteiger partial charge in [-0.25, -0.2) is 4.79 Å². The molecule has 0 radical (unpaired) electrons. The summed E-state index contributed by atoms with van der Waals surface area (Å²) in [7, 11) is 0. The summed E-state index contributed by atoms with van der Waals surface area (Å²) in [6, 6.07) is 2.44. The predicted octanol–water partition coefficient (Wildman–Crippen LogP) is 3.17. The van der Waals surface area contributed by atoms with Gasteiger partial charge in [-0.05, 0) is 37.8 Å². The lowest BCUT2D eigenvalue weighted by molar-refractivity contribution is 0.0681. The van der Waals surface area contributed by atoms with Crippen molar-refractivity contribution in [2.45, 2.75) is 52.0 Å². The summed E-state index contributed by atoms with van der Waals surface area (Å²) in [6.07, 6.45) is 5.49. The molecule has 0 spiro atoms. The second-order valence-corrected chi connectivity index (χ2v) is 4.63. The fraction of sp³-hybridized carbons (Fsp3) is 0.615. The molecular formula is C13H19NO2. The fourth-order valence-corrected chi connectivity index (χ4v) is 2.86. The van der Waals surface area contributed by atoms with Gasteiger partial charge in [0, 0.05) is 11.7 Å². The molecule has 88 valence electrons. The third-order valence-corrected chi connectivity index (χ3v) is 3.58. The first-order valence-electron chi connectivity index (χ1n) is 6.09. The molecule has 1 aliphatic rings. The van der Waals surface area contributed by atoms with Gasteiger partial charge in [0.05, 0.1) is 0 Å². The van der Waals surface area contributed by atoms with Gasteiger partial charge in [-0.1, -0.05) is 19.8 Å². The molecule has 1 fully saturated rings. The largest absolute Gasteiger partial charge is 0.477 e. The van der Waals surface area contributed by atoms with Crippen molar-refractivity contribution < 1.29 is 9.90 Å². The molecule has 0 atom stereocenters. The average molecular weight is 221 g/mol. The molecule has 1 aromatic rings. The zero-order chi connectivity index (χ0) is 11.7. The number of carboxylic acid groups (broad SMARTS) is 1. The Bertz CT molecular complexity index is 400. The molecule has 3 nitrogen and oxygen atoms in total. The molecule has 0 saturated heterocycles. The molecule has 1 aliphatic carbocycles. The average Bonchev–Trinajstić information content (AvgIpc) is 2.83. The molecule has 2 rings (SSSR count). The second-order valence-electron chi connectivity index (χ2n) is 4.63. The van der Waals surface area contributed by atoms with E-state index in [2.05, 4.69) is 0 Å². The summed E-state index contributed by atoms with van der Waals surface area (Å²) in [6.45, 7) is 4.03. The minimum Gasteiger partial charge on any atom is -0.477 e. The molecule has 0 amide bonds. The number of nitrogens with zero attached hydrogens (tertiary/aromatic N) is 1. The number of hydrogen-bond donors (Lipinski definition) is 1. The number of aromatic carboxylic acids is 1. The third-order valence-electron chi connectivity index (χ3n) is 3.58. The van der Waals surface area contributed by atoms with Crippen LogP contribution in [0.25, 0.3) is 0 Å². The van der Waals surface area contributed by atoms with Crippen molar-refractivity contribution in [1.29, 1.82) is 0 Å². The van der Waals surface area contributed by atoms with E-state index in [4.69, 9.17) is 0 Å². The molecule has 1 N–H and O–H groups in total. The third kappa shape index (κ3) is 1.75. The van der Waals surface area contributed by atoms with E-state index in [1.807, 2.05) is 24.5 Å². The van der Waals surface area contributed by atoms with Gasteiger partial charge >= 0.3 is 5.97 Å². The van der Waals surface area contributed by atoms with Gasteiger partial charge in [0.2, 0.25) is 0 Å². The maximum Gasteiger partial charge on any atom is 0.352 e. The lowest BCUT2D eigenvalue weighted by Crippen LogP contribution is -2.15. The van der Waals surface area contributed by atoms with E-state index in [0.717, 1.165) is 30.5 Å². The summed E-state index contributed by atoms with van der Waals surface area (Å²) >= 11 is 0. The van der Waals surface area contributed by atoms with Gasteiger partial charge in [0.1, 0.15) is 5.69 Å². The Hall–Kier alpha value is -1.25. The highest BCUT2D eigenvalue weighted by atomic mass is 16.4. The quantitative estimate of drug-likeness (QED) is 0.851. The van der Waals surface area contributed by atoms with Crippen molar-refractivity contribution in [2.75, 3.05) is 0 Å². The van der Waals surface area contributed by atoms with Crippen LogP contribution in [0.5, 0.6) is 0 Å². The van der Waals surface area contributed by atoms with E-state index in [1.165, 1.54) is 12.8 Å². The first kappa shape index (κ1) is 11.2. The van der Waals surface area contributed by atoms with Gasteiger partial charge < -0.3 is 9.67 Å². The molecule has 1 saturated carbocycles. The first-order chi connectivity index (χ1) is 7.65. The fourth-order valence-electron chi connectivity index (χ4n) is 2.86. The lowest BCUT2D eigenvalue weighted by atomic mass is 10.2. The number of hydrogen-bond acceptors (Lipinski definition) is 1. The highest BCUT2D eigenvalue weighted by Gasteiger charge is 2.25. The monoisotopic (exact) mass is 221 g/mol. The Morgan fingerprint density at radius 2 is 2.12 bits per heavy atom. The minimum absolute atomic E-state index is 0.409. The SMILES string of the molecule is CCc1cc(C)n(C2CCCC2)c1C(=O)O. The topological polar surface area (TPSA) is 42.2 Å². The second kappa shape index (κ2) is 4.32. The van der Waals surface area contributed by atoms with Crippen molar-refractivity contribution in [3.8, 4) is 0 Å². The van der Waals surface area contributed by atoms with E-state index in [9.17, 15) is 9.90 Å². The zero-order valence-electron chi connectivity index (χ0n) is 9.99. The highest BCUT2D eigenvalue weighted by Crippen LogP contribution is 2.33. The first-order valence-corrected chi connectivity index (χ1v) is 6.09. The molecular weight excluding hydrogens is 202 g/mol. The van der Waals surface area contributed by atoms with Crippen molar-refractivity contribution in [1.82, 2.24) is 4.57 Å².